The second-order valence-corrected chi connectivity index (χ2v) is 5.19. The molecule has 1 aliphatic carbocycles. The molecule has 0 N–H and O–H groups in total. The van der Waals surface area contributed by atoms with Crippen molar-refractivity contribution in [2.75, 3.05) is 14.2 Å². The molecule has 3 heteroatoms. The highest BCUT2D eigenvalue weighted by Gasteiger charge is 2.41. The second-order valence-electron chi connectivity index (χ2n) is 5.19. The standard InChI is InChI=1S/C15H21NO2/c1-10-9-13(10)15(17)16(3)11(2)12-7-5-6-8-14(12)18-4/h5-8,10-11,13H,9H2,1-4H3. The number of carbonyl (C=O) groups is 1. The Morgan fingerprint density at radius 2 is 2.06 bits per heavy atom. The van der Waals surface area contributed by atoms with Crippen LogP contribution in [0.3, 0.4) is 0 Å². The fraction of sp³-hybridized carbons (Fsp3) is 0.533. The summed E-state index contributed by atoms with van der Waals surface area (Å²) in [4.78, 5) is 14.1. The summed E-state index contributed by atoms with van der Waals surface area (Å²) in [5.74, 6) is 1.87. The van der Waals surface area contributed by atoms with Crippen LogP contribution in [-0.2, 0) is 4.79 Å². The van der Waals surface area contributed by atoms with Crippen LogP contribution in [0.5, 0.6) is 5.75 Å². The normalized spacial score (nSPS) is 23.3. The van der Waals surface area contributed by atoms with Crippen molar-refractivity contribution < 1.29 is 9.53 Å². The number of benzene rings is 1. The summed E-state index contributed by atoms with van der Waals surface area (Å²) in [6.07, 6.45) is 1.03. The topological polar surface area (TPSA) is 29.5 Å². The van der Waals surface area contributed by atoms with Crippen LogP contribution in [-0.4, -0.2) is 25.0 Å². The van der Waals surface area contributed by atoms with Crippen molar-refractivity contribution in [1.29, 1.82) is 0 Å². The number of amides is 1. The predicted molar refractivity (Wildman–Crippen MR) is 71.5 cm³/mol. The lowest BCUT2D eigenvalue weighted by Gasteiger charge is -2.26. The van der Waals surface area contributed by atoms with Crippen LogP contribution in [0.4, 0.5) is 0 Å². The van der Waals surface area contributed by atoms with Gasteiger partial charge in [0.25, 0.3) is 0 Å². The van der Waals surface area contributed by atoms with E-state index < -0.39 is 0 Å². The van der Waals surface area contributed by atoms with Gasteiger partial charge >= 0.3 is 0 Å². The minimum atomic E-state index is 0.0430. The number of rotatable bonds is 4. The summed E-state index contributed by atoms with van der Waals surface area (Å²) in [5.41, 5.74) is 1.06. The molecule has 98 valence electrons. The number of hydrogen-bond donors (Lipinski definition) is 0. The van der Waals surface area contributed by atoms with Crippen molar-refractivity contribution in [2.24, 2.45) is 11.8 Å². The van der Waals surface area contributed by atoms with Gasteiger partial charge in [0.15, 0.2) is 0 Å². The quantitative estimate of drug-likeness (QED) is 0.818. The van der Waals surface area contributed by atoms with Gasteiger partial charge in [0.2, 0.25) is 5.91 Å². The molecule has 3 atom stereocenters. The van der Waals surface area contributed by atoms with E-state index in [0.717, 1.165) is 17.7 Å². The van der Waals surface area contributed by atoms with Gasteiger partial charge < -0.3 is 9.64 Å². The maximum Gasteiger partial charge on any atom is 0.226 e. The summed E-state index contributed by atoms with van der Waals surface area (Å²) in [5, 5.41) is 0. The smallest absolute Gasteiger partial charge is 0.226 e. The van der Waals surface area contributed by atoms with E-state index in [2.05, 4.69) is 6.92 Å². The van der Waals surface area contributed by atoms with Gasteiger partial charge in [-0.2, -0.15) is 0 Å². The molecule has 0 aromatic heterocycles. The van der Waals surface area contributed by atoms with Crippen LogP contribution in [0.25, 0.3) is 0 Å². The molecule has 0 radical (unpaired) electrons. The van der Waals surface area contributed by atoms with Crippen LogP contribution in [0.2, 0.25) is 0 Å². The molecule has 2 rings (SSSR count). The number of hydrogen-bond acceptors (Lipinski definition) is 2. The van der Waals surface area contributed by atoms with E-state index in [1.165, 1.54) is 0 Å². The number of nitrogens with zero attached hydrogens (tertiary/aromatic N) is 1. The van der Waals surface area contributed by atoms with Crippen molar-refractivity contribution >= 4 is 5.91 Å². The summed E-state index contributed by atoms with van der Waals surface area (Å²) >= 11 is 0. The highest BCUT2D eigenvalue weighted by Crippen LogP contribution is 2.40. The fourth-order valence-corrected chi connectivity index (χ4v) is 2.34. The van der Waals surface area contributed by atoms with Gasteiger partial charge in [-0.1, -0.05) is 25.1 Å². The van der Waals surface area contributed by atoms with E-state index in [1.807, 2.05) is 43.1 Å². The van der Waals surface area contributed by atoms with Crippen LogP contribution in [0.1, 0.15) is 31.9 Å². The molecule has 0 bridgehead atoms. The van der Waals surface area contributed by atoms with Crippen molar-refractivity contribution in [3.63, 3.8) is 0 Å². The van der Waals surface area contributed by atoms with E-state index in [0.29, 0.717) is 5.92 Å². The Bertz CT molecular complexity index is 444. The predicted octanol–water partition coefficient (Wildman–Crippen LogP) is 2.87. The van der Waals surface area contributed by atoms with Gasteiger partial charge in [0.05, 0.1) is 13.2 Å². The largest absolute Gasteiger partial charge is 0.496 e. The molecule has 1 aliphatic rings. The third-order valence-electron chi connectivity index (χ3n) is 3.94. The zero-order valence-electron chi connectivity index (χ0n) is 11.5. The van der Waals surface area contributed by atoms with Crippen LogP contribution >= 0.6 is 0 Å². The summed E-state index contributed by atoms with van der Waals surface area (Å²) in [6.45, 7) is 4.17. The Morgan fingerprint density at radius 3 is 2.61 bits per heavy atom. The maximum absolute atomic E-state index is 12.2. The Kier molecular flexibility index (Phi) is 3.60. The molecule has 1 aromatic rings. The Morgan fingerprint density at radius 1 is 1.44 bits per heavy atom. The van der Waals surface area contributed by atoms with E-state index in [9.17, 15) is 4.79 Å². The highest BCUT2D eigenvalue weighted by atomic mass is 16.5. The van der Waals surface area contributed by atoms with Crippen molar-refractivity contribution in [3.05, 3.63) is 29.8 Å². The van der Waals surface area contributed by atoms with E-state index in [4.69, 9.17) is 4.74 Å². The van der Waals surface area contributed by atoms with E-state index in [-0.39, 0.29) is 17.9 Å². The molecule has 18 heavy (non-hydrogen) atoms. The zero-order chi connectivity index (χ0) is 13.3. The molecule has 0 saturated heterocycles. The van der Waals surface area contributed by atoms with Gasteiger partial charge in [-0.3, -0.25) is 4.79 Å². The number of methoxy groups -OCH3 is 1. The third-order valence-corrected chi connectivity index (χ3v) is 3.94. The molecule has 1 saturated carbocycles. The van der Waals surface area contributed by atoms with Gasteiger partial charge in [-0.15, -0.1) is 0 Å². The first-order valence-corrected chi connectivity index (χ1v) is 6.45. The molecule has 0 spiro atoms. The number of carbonyl (C=O) groups excluding carboxylic acids is 1. The minimum Gasteiger partial charge on any atom is -0.496 e. The number of ether oxygens (including phenoxy) is 1. The average Bonchev–Trinajstić information content (AvgIpc) is 3.13. The van der Waals surface area contributed by atoms with Gasteiger partial charge in [-0.25, -0.2) is 0 Å². The van der Waals surface area contributed by atoms with E-state index in [1.54, 1.807) is 7.11 Å². The lowest BCUT2D eigenvalue weighted by Crippen LogP contribution is -2.31. The Hall–Kier alpha value is -1.51. The van der Waals surface area contributed by atoms with Crippen LogP contribution in [0.15, 0.2) is 24.3 Å². The van der Waals surface area contributed by atoms with E-state index >= 15 is 0 Å². The maximum atomic E-state index is 12.2. The van der Waals surface area contributed by atoms with Gasteiger partial charge in [-0.05, 0) is 25.3 Å². The monoisotopic (exact) mass is 247 g/mol. The first kappa shape index (κ1) is 12.9. The summed E-state index contributed by atoms with van der Waals surface area (Å²) in [7, 11) is 3.54. The van der Waals surface area contributed by atoms with Crippen molar-refractivity contribution in [3.8, 4) is 5.75 Å². The lowest BCUT2D eigenvalue weighted by molar-refractivity contribution is -0.133. The SMILES string of the molecule is COc1ccccc1C(C)N(C)C(=O)C1CC1C. The molecule has 0 heterocycles. The molecule has 0 aliphatic heterocycles. The van der Waals surface area contributed by atoms with Crippen LogP contribution < -0.4 is 4.74 Å². The molecular weight excluding hydrogens is 226 g/mol. The molecule has 1 amide bonds. The lowest BCUT2D eigenvalue weighted by atomic mass is 10.1. The second kappa shape index (κ2) is 5.01. The fourth-order valence-electron chi connectivity index (χ4n) is 2.34. The highest BCUT2D eigenvalue weighted by molar-refractivity contribution is 5.81. The van der Waals surface area contributed by atoms with Crippen molar-refractivity contribution in [2.45, 2.75) is 26.3 Å². The minimum absolute atomic E-state index is 0.0430. The number of para-hydroxylation sites is 1. The first-order valence-electron chi connectivity index (χ1n) is 6.45. The molecular formula is C15H21NO2. The average molecular weight is 247 g/mol. The van der Waals surface area contributed by atoms with Gasteiger partial charge in [0, 0.05) is 18.5 Å². The zero-order valence-corrected chi connectivity index (χ0v) is 11.5. The summed E-state index contributed by atoms with van der Waals surface area (Å²) < 4.78 is 5.36. The molecule has 1 aromatic carbocycles. The molecule has 3 unspecified atom stereocenters. The Balaban J connectivity index is 2.14. The van der Waals surface area contributed by atoms with Crippen molar-refractivity contribution in [1.82, 2.24) is 4.90 Å². The summed E-state index contributed by atoms with van der Waals surface area (Å²) in [6, 6.07) is 7.92. The van der Waals surface area contributed by atoms with Gasteiger partial charge in [0.1, 0.15) is 5.75 Å². The Labute approximate surface area is 109 Å². The molecule has 1 fully saturated rings. The van der Waals surface area contributed by atoms with Crippen LogP contribution in [0, 0.1) is 11.8 Å². The third kappa shape index (κ3) is 2.35. The molecule has 3 nitrogen and oxygen atoms in total. The first-order chi connectivity index (χ1) is 8.56.